The molecule has 96 heavy (non-hydrogen) atoms. The van der Waals surface area contributed by atoms with Gasteiger partial charge in [0.2, 0.25) is 65.0 Å². The summed E-state index contributed by atoms with van der Waals surface area (Å²) < 4.78 is 4.92. The van der Waals surface area contributed by atoms with Crippen molar-refractivity contribution >= 4 is 70.9 Å². The minimum absolute atomic E-state index is 0.0599. The van der Waals surface area contributed by atoms with E-state index >= 15 is 33.6 Å². The monoisotopic (exact) mass is 1350 g/mol. The van der Waals surface area contributed by atoms with Gasteiger partial charge in [-0.3, -0.25) is 52.7 Å². The van der Waals surface area contributed by atoms with Gasteiger partial charge in [0.05, 0.1) is 18.8 Å². The maximum absolute atomic E-state index is 15.5. The van der Waals surface area contributed by atoms with Crippen LogP contribution in [0.25, 0.3) is 0 Å². The Hall–Kier alpha value is -7.44. The zero-order chi connectivity index (χ0) is 73.8. The third-order valence-electron chi connectivity index (χ3n) is 18.2. The second-order valence-electron chi connectivity index (χ2n) is 28.7. The quantitative estimate of drug-likeness (QED) is 0.0987. The van der Waals surface area contributed by atoms with Crippen LogP contribution < -0.4 is 21.3 Å². The number of ether oxygens (including phenoxy) is 1. The predicted molar refractivity (Wildman–Crippen MR) is 369 cm³/mol. The normalized spacial score (nSPS) is 25.9. The number of carbonyl (C=O) groups is 12. The highest BCUT2D eigenvalue weighted by Crippen LogP contribution is 2.27. The molecule has 542 valence electrons. The van der Waals surface area contributed by atoms with Gasteiger partial charge in [0.15, 0.2) is 0 Å². The number of esters is 1. The van der Waals surface area contributed by atoms with E-state index in [4.69, 9.17) is 4.74 Å². The summed E-state index contributed by atoms with van der Waals surface area (Å²) in [5.74, 6) is -11.1. The molecule has 1 heterocycles. The van der Waals surface area contributed by atoms with Crippen LogP contribution in [0.1, 0.15) is 172 Å². The lowest BCUT2D eigenvalue weighted by atomic mass is 9.91. The summed E-state index contributed by atoms with van der Waals surface area (Å²) in [6.45, 7) is 29.7. The lowest BCUT2D eigenvalue weighted by molar-refractivity contribution is -0.157. The number of hydrogen-bond donors (Lipinski definition) is 5. The molecule has 1 aromatic rings. The van der Waals surface area contributed by atoms with Gasteiger partial charge in [0.25, 0.3) is 0 Å². The molecule has 0 unspecified atom stereocenters. The molecule has 1 aliphatic rings. The molecule has 0 aliphatic carbocycles. The van der Waals surface area contributed by atoms with Crippen molar-refractivity contribution in [3.8, 4) is 0 Å². The van der Waals surface area contributed by atoms with Gasteiger partial charge >= 0.3 is 5.97 Å². The van der Waals surface area contributed by atoms with E-state index in [0.29, 0.717) is 5.56 Å². The molecule has 25 nitrogen and oxygen atoms in total. The van der Waals surface area contributed by atoms with Crippen molar-refractivity contribution in [2.45, 2.75) is 235 Å². The highest BCUT2D eigenvalue weighted by molar-refractivity contribution is 6.00. The number of hydrogen-bond acceptors (Lipinski definition) is 14. The molecule has 1 aliphatic heterocycles. The lowest BCUT2D eigenvalue weighted by Crippen LogP contribution is -2.64. The Morgan fingerprint density at radius 2 is 0.885 bits per heavy atom. The minimum Gasteiger partial charge on any atom is -0.465 e. The molecule has 0 aromatic heterocycles. The van der Waals surface area contributed by atoms with Crippen molar-refractivity contribution < 1.29 is 67.4 Å². The molecule has 5 N–H and O–H groups in total. The van der Waals surface area contributed by atoms with E-state index in [2.05, 4.69) is 21.3 Å². The van der Waals surface area contributed by atoms with Crippen LogP contribution in [0.5, 0.6) is 0 Å². The van der Waals surface area contributed by atoms with E-state index in [0.717, 1.165) is 9.80 Å². The SMILES string of the molecule is C/C=C/C[C@@H](C)[C@@H](O)[C@H]1C(=O)N[C@@H](CC)C(=O)N(C)[C@H](Cc2ccc(C(=O)OC)cc2)C(=O)N(C)[C@@H](CC(C)C)C(=O)N[C@@H](C(C)C)C(=O)N(C)[C@@H](CC(C)C)C(=O)N[C@@H](C)C(=O)N[C@H](C)C(=O)N(C)[C@@H](CC(C)C)C(=O)N(C)[C@@H](CC(C)C)C(=O)N(C)[C@@H](C(C)C)C(=O)N1C. The van der Waals surface area contributed by atoms with Crippen LogP contribution in [0.15, 0.2) is 36.4 Å². The summed E-state index contributed by atoms with van der Waals surface area (Å²) in [5, 5.41) is 23.4. The molecule has 1 fully saturated rings. The zero-order valence-corrected chi connectivity index (χ0v) is 62.3. The molecule has 0 bridgehead atoms. The summed E-state index contributed by atoms with van der Waals surface area (Å²) in [4.78, 5) is 186. The van der Waals surface area contributed by atoms with Crippen LogP contribution in [0, 0.1) is 41.4 Å². The predicted octanol–water partition coefficient (Wildman–Crippen LogP) is 4.67. The fourth-order valence-corrected chi connectivity index (χ4v) is 12.1. The van der Waals surface area contributed by atoms with E-state index in [1.165, 1.54) is 107 Å². The number of benzene rings is 1. The van der Waals surface area contributed by atoms with Gasteiger partial charge in [-0.15, -0.1) is 0 Å². The zero-order valence-electron chi connectivity index (χ0n) is 62.3. The number of allylic oxidation sites excluding steroid dienone is 2. The number of methoxy groups -OCH3 is 1. The standard InChI is InChI=1S/C71H119N11O14/c1-26-28-29-45(15)59(83)58-63(87)74-50(27-2)65(89)79(21)55(38-48-30-32-49(33-31-48)71(95)96-25)67(91)76(18)52(35-40(5)6)62(86)75-56(43(11)12)69(93)77(19)51(34-39(3)4)61(85)72-46(16)60(84)73-47(17)64(88)78(20)53(36-41(7)8)66(90)80(22)54(37-42(9)10)68(92)81(23)57(44(13)14)70(94)82(58)24/h26,28,30-33,39-47,50-59,83H,27,29,34-38H2,1-25H3,(H,72,85)(H,73,84)(H,74,87)(H,75,86)/b28-26+/t45-,46+,47-,50+,51+,52+,53+,54+,55-,56+,57+,58+,59-/m1/s1. The molecule has 0 radical (unpaired) electrons. The van der Waals surface area contributed by atoms with Crippen LogP contribution in [0.3, 0.4) is 0 Å². The van der Waals surface area contributed by atoms with Crippen molar-refractivity contribution in [1.29, 1.82) is 0 Å². The number of nitrogens with zero attached hydrogens (tertiary/aromatic N) is 7. The van der Waals surface area contributed by atoms with Crippen molar-refractivity contribution in [3.63, 3.8) is 0 Å². The summed E-state index contributed by atoms with van der Waals surface area (Å²) in [7, 11) is 11.1. The smallest absolute Gasteiger partial charge is 0.337 e. The molecule has 1 saturated heterocycles. The van der Waals surface area contributed by atoms with E-state index < -0.39 is 161 Å². The number of nitrogens with one attached hydrogen (secondary N) is 4. The Morgan fingerprint density at radius 3 is 1.33 bits per heavy atom. The summed E-state index contributed by atoms with van der Waals surface area (Å²) in [6, 6.07) is -8.18. The fraction of sp³-hybridized carbons (Fsp3) is 0.718. The average molecular weight is 1350 g/mol. The first kappa shape index (κ1) is 84.6. The third-order valence-corrected chi connectivity index (χ3v) is 18.2. The Balaban J connectivity index is 3.18. The van der Waals surface area contributed by atoms with Crippen molar-refractivity contribution in [2.75, 3.05) is 56.4 Å². The topological polar surface area (TPSA) is 305 Å². The maximum Gasteiger partial charge on any atom is 0.337 e. The van der Waals surface area contributed by atoms with Gasteiger partial charge in [-0.1, -0.05) is 121 Å². The molecule has 2 rings (SSSR count). The number of likely N-dealkylation sites (N-methyl/N-ethyl adjacent to an activating group) is 7. The van der Waals surface area contributed by atoms with E-state index in [1.807, 2.05) is 55.4 Å². The Labute approximate surface area is 572 Å². The Bertz CT molecular complexity index is 2860. The van der Waals surface area contributed by atoms with Gasteiger partial charge in [0, 0.05) is 55.8 Å². The molecular weight excluding hydrogens is 1230 g/mol. The summed E-state index contributed by atoms with van der Waals surface area (Å²) >= 11 is 0. The second-order valence-corrected chi connectivity index (χ2v) is 28.7. The maximum atomic E-state index is 15.5. The molecular formula is C71H119N11O14. The number of rotatable bonds is 18. The largest absolute Gasteiger partial charge is 0.465 e. The van der Waals surface area contributed by atoms with Crippen LogP contribution in [-0.2, 0) is 63.9 Å². The van der Waals surface area contributed by atoms with Crippen molar-refractivity contribution in [3.05, 3.63) is 47.5 Å². The van der Waals surface area contributed by atoms with E-state index in [-0.39, 0.29) is 74.2 Å². The fourth-order valence-electron chi connectivity index (χ4n) is 12.1. The average Bonchev–Trinajstić information content (AvgIpc) is 0.805. The number of aliphatic hydroxyl groups excluding tert-OH is 1. The van der Waals surface area contributed by atoms with Gasteiger partial charge in [-0.25, -0.2) is 4.79 Å². The molecule has 0 saturated carbocycles. The molecule has 0 spiro atoms. The Morgan fingerprint density at radius 1 is 0.479 bits per heavy atom. The summed E-state index contributed by atoms with van der Waals surface area (Å²) in [6.07, 6.45) is 2.50. The minimum atomic E-state index is -1.68. The number of carbonyl (C=O) groups excluding carboxylic acids is 12. The Kier molecular flexibility index (Phi) is 33.9. The first-order chi connectivity index (χ1) is 44.5. The number of aliphatic hydroxyl groups is 1. The van der Waals surface area contributed by atoms with Gasteiger partial charge in [-0.2, -0.15) is 0 Å². The molecule has 1 aromatic carbocycles. The van der Waals surface area contributed by atoms with Gasteiger partial charge in [0.1, 0.15) is 66.5 Å². The highest BCUT2D eigenvalue weighted by Gasteiger charge is 2.46. The first-order valence-electron chi connectivity index (χ1n) is 34.1. The van der Waals surface area contributed by atoms with Gasteiger partial charge in [-0.05, 0) is 118 Å². The lowest BCUT2D eigenvalue weighted by Gasteiger charge is -2.41. The molecule has 11 amide bonds. The summed E-state index contributed by atoms with van der Waals surface area (Å²) in [5.41, 5.74) is 0.697. The van der Waals surface area contributed by atoms with Crippen LogP contribution >= 0.6 is 0 Å². The first-order valence-corrected chi connectivity index (χ1v) is 34.1. The second kappa shape index (κ2) is 38.5. The highest BCUT2D eigenvalue weighted by atomic mass is 16.5. The van der Waals surface area contributed by atoms with Crippen LogP contribution in [0.2, 0.25) is 0 Å². The van der Waals surface area contributed by atoms with Crippen LogP contribution in [0.4, 0.5) is 0 Å². The number of amides is 11. The van der Waals surface area contributed by atoms with E-state index in [9.17, 15) is 29.1 Å². The van der Waals surface area contributed by atoms with Crippen molar-refractivity contribution in [1.82, 2.24) is 55.6 Å². The van der Waals surface area contributed by atoms with Gasteiger partial charge < -0.3 is 65.4 Å². The van der Waals surface area contributed by atoms with E-state index in [1.54, 1.807) is 72.8 Å². The third kappa shape index (κ3) is 22.8. The molecule has 13 atom stereocenters. The molecule has 25 heteroatoms. The van der Waals surface area contributed by atoms with Crippen molar-refractivity contribution in [2.24, 2.45) is 41.4 Å². The van der Waals surface area contributed by atoms with Crippen LogP contribution in [-0.4, -0.2) is 239 Å².